The molecule has 0 saturated heterocycles. The third-order valence-corrected chi connectivity index (χ3v) is 6.44. The zero-order valence-electron chi connectivity index (χ0n) is 19.4. The lowest BCUT2D eigenvalue weighted by Crippen LogP contribution is -2.37. The van der Waals surface area contributed by atoms with Crippen LogP contribution in [-0.2, 0) is 20.9 Å². The predicted molar refractivity (Wildman–Crippen MR) is 128 cm³/mol. The number of methoxy groups -OCH3 is 1. The highest BCUT2D eigenvalue weighted by Gasteiger charge is 2.43. The summed E-state index contributed by atoms with van der Waals surface area (Å²) in [7, 11) is 1.55. The number of benzene rings is 3. The largest absolute Gasteiger partial charge is 0.493 e. The summed E-state index contributed by atoms with van der Waals surface area (Å²) in [5.41, 5.74) is 4.38. The van der Waals surface area contributed by atoms with Gasteiger partial charge in [0.1, 0.15) is 19.0 Å². The lowest BCUT2D eigenvalue weighted by molar-refractivity contribution is -0.136. The van der Waals surface area contributed by atoms with Crippen LogP contribution >= 0.6 is 0 Å². The Kier molecular flexibility index (Phi) is 5.99. The molecule has 0 aliphatic carbocycles. The Bertz CT molecular complexity index is 1330. The van der Waals surface area contributed by atoms with Crippen LogP contribution < -0.4 is 14.4 Å². The molecule has 0 spiro atoms. The molecule has 2 heterocycles. The number of carbonyl (C=O) groups is 2. The number of hydrogen-bond acceptors (Lipinski definition) is 5. The first-order chi connectivity index (χ1) is 17.0. The average molecular weight is 474 g/mol. The molecular formula is C28H24FNO5. The maximum absolute atomic E-state index is 13.4. The Hall–Kier alpha value is -4.13. The summed E-state index contributed by atoms with van der Waals surface area (Å²) in [6.45, 7) is 2.40. The van der Waals surface area contributed by atoms with Gasteiger partial charge in [0.25, 0.3) is 0 Å². The number of nitrogens with zero attached hydrogens (tertiary/aromatic N) is 1. The maximum atomic E-state index is 13.4. The molecule has 5 rings (SSSR count). The van der Waals surface area contributed by atoms with Crippen molar-refractivity contribution < 1.29 is 28.2 Å². The van der Waals surface area contributed by atoms with Gasteiger partial charge in [0, 0.05) is 18.0 Å². The second-order valence-electron chi connectivity index (χ2n) is 8.52. The van der Waals surface area contributed by atoms with Crippen LogP contribution in [0.1, 0.15) is 29.0 Å². The molecule has 0 fully saturated rings. The van der Waals surface area contributed by atoms with Crippen LogP contribution in [0.3, 0.4) is 0 Å². The van der Waals surface area contributed by atoms with Crippen molar-refractivity contribution in [3.8, 4) is 11.5 Å². The molecule has 2 aliphatic rings. The number of ether oxygens (including phenoxy) is 3. The third-order valence-electron chi connectivity index (χ3n) is 6.44. The number of halogens is 1. The van der Waals surface area contributed by atoms with Crippen molar-refractivity contribution in [1.82, 2.24) is 0 Å². The van der Waals surface area contributed by atoms with E-state index in [1.54, 1.807) is 19.2 Å². The first-order valence-corrected chi connectivity index (χ1v) is 11.3. The van der Waals surface area contributed by atoms with Crippen LogP contribution in [0.4, 0.5) is 10.1 Å². The standard InChI is InChI=1S/C28H24FNO5/c1-17-5-3-4-6-19(17)15-34-24-12-7-18(13-25(24)33-2)22-14-26(31)30(21-10-8-20(29)9-11-21)23-16-35-28(32)27(22)23/h3-13,22H,14-16H2,1-2H3. The number of esters is 1. The minimum atomic E-state index is -0.483. The van der Waals surface area contributed by atoms with Crippen molar-refractivity contribution in [2.24, 2.45) is 0 Å². The van der Waals surface area contributed by atoms with E-state index in [4.69, 9.17) is 14.2 Å². The van der Waals surface area contributed by atoms with Crippen molar-refractivity contribution in [3.63, 3.8) is 0 Å². The molecule has 7 heteroatoms. The molecule has 0 saturated carbocycles. The van der Waals surface area contributed by atoms with Crippen LogP contribution in [0.15, 0.2) is 78.0 Å². The fourth-order valence-corrected chi connectivity index (χ4v) is 4.58. The molecule has 35 heavy (non-hydrogen) atoms. The second-order valence-corrected chi connectivity index (χ2v) is 8.52. The number of carbonyl (C=O) groups excluding carboxylic acids is 2. The van der Waals surface area contributed by atoms with Crippen LogP contribution in [-0.4, -0.2) is 25.6 Å². The van der Waals surface area contributed by atoms with Gasteiger partial charge >= 0.3 is 5.97 Å². The number of anilines is 1. The lowest BCUT2D eigenvalue weighted by Gasteiger charge is -2.32. The van der Waals surface area contributed by atoms with Crippen LogP contribution in [0, 0.1) is 12.7 Å². The molecule has 3 aromatic rings. The monoisotopic (exact) mass is 473 g/mol. The van der Waals surface area contributed by atoms with Gasteiger partial charge in [0.15, 0.2) is 11.5 Å². The van der Waals surface area contributed by atoms with Gasteiger partial charge in [-0.15, -0.1) is 0 Å². The molecule has 0 bridgehead atoms. The van der Waals surface area contributed by atoms with E-state index in [0.29, 0.717) is 35.1 Å². The van der Waals surface area contributed by atoms with Crippen molar-refractivity contribution in [2.45, 2.75) is 25.9 Å². The summed E-state index contributed by atoms with van der Waals surface area (Å²) in [5, 5.41) is 0. The first-order valence-electron chi connectivity index (χ1n) is 11.3. The zero-order chi connectivity index (χ0) is 24.5. The highest BCUT2D eigenvalue weighted by molar-refractivity contribution is 6.06. The Labute approximate surface area is 202 Å². The van der Waals surface area contributed by atoms with E-state index in [9.17, 15) is 14.0 Å². The molecule has 6 nitrogen and oxygen atoms in total. The zero-order valence-corrected chi connectivity index (χ0v) is 19.4. The predicted octanol–water partition coefficient (Wildman–Crippen LogP) is 5.05. The number of cyclic esters (lactones) is 1. The van der Waals surface area contributed by atoms with Gasteiger partial charge in [-0.1, -0.05) is 30.3 Å². The van der Waals surface area contributed by atoms with E-state index in [0.717, 1.165) is 16.7 Å². The van der Waals surface area contributed by atoms with E-state index in [1.165, 1.54) is 29.2 Å². The van der Waals surface area contributed by atoms with E-state index in [1.807, 2.05) is 37.3 Å². The topological polar surface area (TPSA) is 65.1 Å². The Morgan fingerprint density at radius 3 is 2.54 bits per heavy atom. The van der Waals surface area contributed by atoms with Crippen molar-refractivity contribution in [1.29, 1.82) is 0 Å². The molecule has 2 aliphatic heterocycles. The lowest BCUT2D eigenvalue weighted by atomic mass is 9.84. The SMILES string of the molecule is COc1cc(C2CC(=O)N(c3ccc(F)cc3)C3=C2C(=O)OC3)ccc1OCc1ccccc1C. The highest BCUT2D eigenvalue weighted by Crippen LogP contribution is 2.43. The fourth-order valence-electron chi connectivity index (χ4n) is 4.58. The van der Waals surface area contributed by atoms with Crippen molar-refractivity contribution in [2.75, 3.05) is 18.6 Å². The highest BCUT2D eigenvalue weighted by atomic mass is 19.1. The Morgan fingerprint density at radius 2 is 1.80 bits per heavy atom. The van der Waals surface area contributed by atoms with E-state index < -0.39 is 17.7 Å². The minimum Gasteiger partial charge on any atom is -0.493 e. The number of hydrogen-bond donors (Lipinski definition) is 0. The molecule has 0 N–H and O–H groups in total. The smallest absolute Gasteiger partial charge is 0.336 e. The molecule has 1 amide bonds. The number of amides is 1. The number of aryl methyl sites for hydroxylation is 1. The van der Waals surface area contributed by atoms with Gasteiger partial charge in [-0.3, -0.25) is 9.69 Å². The minimum absolute atomic E-state index is 0.0114. The second kappa shape index (κ2) is 9.25. The van der Waals surface area contributed by atoms with E-state index in [-0.39, 0.29) is 18.9 Å². The van der Waals surface area contributed by atoms with Crippen molar-refractivity contribution in [3.05, 3.63) is 101 Å². The Balaban J connectivity index is 1.46. The summed E-state index contributed by atoms with van der Waals surface area (Å²) < 4.78 is 30.3. The van der Waals surface area contributed by atoms with Gasteiger partial charge in [-0.05, 0) is 60.0 Å². The fraction of sp³-hybridized carbons (Fsp3) is 0.214. The normalized spacial score (nSPS) is 17.3. The van der Waals surface area contributed by atoms with Crippen LogP contribution in [0.2, 0.25) is 0 Å². The van der Waals surface area contributed by atoms with E-state index in [2.05, 4.69) is 0 Å². The molecule has 1 atom stereocenters. The maximum Gasteiger partial charge on any atom is 0.336 e. The average Bonchev–Trinajstić information content (AvgIpc) is 3.25. The first kappa shape index (κ1) is 22.7. The summed E-state index contributed by atoms with van der Waals surface area (Å²) in [4.78, 5) is 27.4. The van der Waals surface area contributed by atoms with Gasteiger partial charge in [0.2, 0.25) is 5.91 Å². The van der Waals surface area contributed by atoms with Crippen LogP contribution in [0.25, 0.3) is 0 Å². The summed E-state index contributed by atoms with van der Waals surface area (Å²) >= 11 is 0. The van der Waals surface area contributed by atoms with Gasteiger partial charge in [0.05, 0.1) is 18.4 Å². The van der Waals surface area contributed by atoms with Crippen LogP contribution in [0.5, 0.6) is 11.5 Å². The molecular weight excluding hydrogens is 449 g/mol. The van der Waals surface area contributed by atoms with Crippen molar-refractivity contribution >= 4 is 17.6 Å². The number of rotatable bonds is 6. The molecule has 3 aromatic carbocycles. The molecule has 178 valence electrons. The summed E-state index contributed by atoms with van der Waals surface area (Å²) in [5.74, 6) is -0.457. The molecule has 1 unspecified atom stereocenters. The Morgan fingerprint density at radius 1 is 1.03 bits per heavy atom. The quantitative estimate of drug-likeness (QED) is 0.469. The van der Waals surface area contributed by atoms with Gasteiger partial charge in [-0.25, -0.2) is 9.18 Å². The van der Waals surface area contributed by atoms with Gasteiger partial charge < -0.3 is 14.2 Å². The molecule has 0 aromatic heterocycles. The van der Waals surface area contributed by atoms with E-state index >= 15 is 0 Å². The third kappa shape index (κ3) is 4.25. The summed E-state index contributed by atoms with van der Waals surface area (Å²) in [6, 6.07) is 19.0. The molecule has 0 radical (unpaired) electrons. The summed E-state index contributed by atoms with van der Waals surface area (Å²) in [6.07, 6.45) is 0.0673. The van der Waals surface area contributed by atoms with Gasteiger partial charge in [-0.2, -0.15) is 0 Å².